The van der Waals surface area contributed by atoms with Gasteiger partial charge in [0.15, 0.2) is 12.3 Å². The third-order valence-electron chi connectivity index (χ3n) is 3.70. The summed E-state index contributed by atoms with van der Waals surface area (Å²) in [6, 6.07) is 18.5. The topological polar surface area (TPSA) is 86.1 Å². The second kappa shape index (κ2) is 8.06. The highest BCUT2D eigenvalue weighted by molar-refractivity contribution is 5.89. The maximum Gasteiger partial charge on any atom is 0.361 e. The van der Waals surface area contributed by atoms with Gasteiger partial charge in [0, 0.05) is 0 Å². The Hall–Kier alpha value is -3.48. The predicted octanol–water partition coefficient (Wildman–Crippen LogP) is 2.30. The van der Waals surface area contributed by atoms with Gasteiger partial charge in [-0.1, -0.05) is 48.5 Å². The molecule has 1 heterocycles. The lowest BCUT2D eigenvalue weighted by molar-refractivity contribution is -0.124. The number of carbonyl (C=O) groups is 2. The van der Waals surface area contributed by atoms with Crippen molar-refractivity contribution in [3.05, 3.63) is 78.1 Å². The molecule has 3 rings (SSSR count). The van der Waals surface area contributed by atoms with Crippen LogP contribution in [0.1, 0.15) is 29.0 Å². The second-order valence-electron chi connectivity index (χ2n) is 5.63. The van der Waals surface area contributed by atoms with Crippen LogP contribution in [0, 0.1) is 0 Å². The van der Waals surface area contributed by atoms with Gasteiger partial charge in [-0.25, -0.2) is 4.79 Å². The Bertz CT molecular complexity index is 878. The van der Waals surface area contributed by atoms with Crippen molar-refractivity contribution >= 4 is 11.9 Å². The molecule has 1 aromatic heterocycles. The van der Waals surface area contributed by atoms with E-state index >= 15 is 0 Å². The van der Waals surface area contributed by atoms with Crippen LogP contribution in [-0.2, 0) is 9.53 Å². The van der Waals surface area contributed by atoms with Crippen LogP contribution in [-0.4, -0.2) is 33.5 Å². The van der Waals surface area contributed by atoms with Gasteiger partial charge in [0.05, 0.1) is 17.9 Å². The number of esters is 1. The largest absolute Gasteiger partial charge is 0.451 e. The molecule has 1 N–H and O–H groups in total. The monoisotopic (exact) mass is 350 g/mol. The average molecular weight is 350 g/mol. The third-order valence-corrected chi connectivity index (χ3v) is 3.70. The Morgan fingerprint density at radius 1 is 1.08 bits per heavy atom. The summed E-state index contributed by atoms with van der Waals surface area (Å²) in [5.74, 6) is -1.08. The molecule has 0 spiro atoms. The average Bonchev–Trinajstić information content (AvgIpc) is 3.18. The summed E-state index contributed by atoms with van der Waals surface area (Å²) >= 11 is 0. The van der Waals surface area contributed by atoms with Crippen molar-refractivity contribution in [3.8, 4) is 5.69 Å². The molecule has 0 aliphatic heterocycles. The summed E-state index contributed by atoms with van der Waals surface area (Å²) < 4.78 is 5.01. The Morgan fingerprint density at radius 2 is 1.73 bits per heavy atom. The fourth-order valence-corrected chi connectivity index (χ4v) is 2.36. The maximum absolute atomic E-state index is 12.0. The molecule has 1 unspecified atom stereocenters. The van der Waals surface area contributed by atoms with Gasteiger partial charge in [-0.05, 0) is 24.6 Å². The van der Waals surface area contributed by atoms with Crippen LogP contribution < -0.4 is 5.32 Å². The molecule has 0 aliphatic rings. The molecule has 2 aromatic carbocycles. The number of benzene rings is 2. The minimum absolute atomic E-state index is 0.0396. The van der Waals surface area contributed by atoms with Gasteiger partial charge < -0.3 is 10.1 Å². The third kappa shape index (κ3) is 4.32. The van der Waals surface area contributed by atoms with Gasteiger partial charge in [0.2, 0.25) is 0 Å². The molecule has 1 atom stereocenters. The smallest absolute Gasteiger partial charge is 0.361 e. The van der Waals surface area contributed by atoms with Gasteiger partial charge in [-0.2, -0.15) is 9.90 Å². The molecule has 0 bridgehead atoms. The lowest BCUT2D eigenvalue weighted by atomic mass is 10.1. The maximum atomic E-state index is 12.0. The molecule has 0 aliphatic carbocycles. The number of hydrogen-bond donors (Lipinski definition) is 1. The number of nitrogens with one attached hydrogen (secondary N) is 1. The lowest BCUT2D eigenvalue weighted by Crippen LogP contribution is -2.31. The fourth-order valence-electron chi connectivity index (χ4n) is 2.36. The van der Waals surface area contributed by atoms with Crippen molar-refractivity contribution in [1.29, 1.82) is 0 Å². The van der Waals surface area contributed by atoms with E-state index in [2.05, 4.69) is 15.5 Å². The normalized spacial score (nSPS) is 11.6. The molecule has 3 aromatic rings. The number of hydrogen-bond acceptors (Lipinski definition) is 5. The van der Waals surface area contributed by atoms with E-state index in [4.69, 9.17) is 4.74 Å². The molecule has 0 saturated carbocycles. The van der Waals surface area contributed by atoms with Crippen LogP contribution in [0.15, 0.2) is 66.9 Å². The number of nitrogens with zero attached hydrogens (tertiary/aromatic N) is 3. The molecular formula is C19H18N4O3. The van der Waals surface area contributed by atoms with Gasteiger partial charge >= 0.3 is 5.97 Å². The number of carbonyl (C=O) groups excluding carboxylic acids is 2. The lowest BCUT2D eigenvalue weighted by Gasteiger charge is -2.14. The first-order chi connectivity index (χ1) is 12.6. The molecule has 0 radical (unpaired) electrons. The van der Waals surface area contributed by atoms with E-state index in [1.165, 1.54) is 11.0 Å². The van der Waals surface area contributed by atoms with Gasteiger partial charge in [-0.3, -0.25) is 4.79 Å². The Kier molecular flexibility index (Phi) is 5.38. The highest BCUT2D eigenvalue weighted by Gasteiger charge is 2.16. The van der Waals surface area contributed by atoms with Crippen LogP contribution in [0.3, 0.4) is 0 Å². The first-order valence-electron chi connectivity index (χ1n) is 8.12. The van der Waals surface area contributed by atoms with Gasteiger partial charge in [0.1, 0.15) is 0 Å². The van der Waals surface area contributed by atoms with Crippen LogP contribution in [0.4, 0.5) is 0 Å². The summed E-state index contributed by atoms with van der Waals surface area (Å²) in [6.07, 6.45) is 1.31. The van der Waals surface area contributed by atoms with E-state index in [9.17, 15) is 9.59 Å². The zero-order valence-corrected chi connectivity index (χ0v) is 14.2. The van der Waals surface area contributed by atoms with Crippen LogP contribution in [0.25, 0.3) is 5.69 Å². The SMILES string of the molecule is CC(NC(=O)COC(=O)c1cnn(-c2ccccc2)n1)c1ccccc1. The molecule has 132 valence electrons. The molecular weight excluding hydrogens is 332 g/mol. The van der Waals surface area contributed by atoms with E-state index in [0.717, 1.165) is 11.3 Å². The fraction of sp³-hybridized carbons (Fsp3) is 0.158. The summed E-state index contributed by atoms with van der Waals surface area (Å²) in [6.45, 7) is 1.48. The van der Waals surface area contributed by atoms with E-state index in [-0.39, 0.29) is 24.2 Å². The minimum atomic E-state index is -0.699. The number of aromatic nitrogens is 3. The number of ether oxygens (including phenoxy) is 1. The predicted molar refractivity (Wildman–Crippen MR) is 94.6 cm³/mol. The van der Waals surface area contributed by atoms with E-state index in [1.807, 2.05) is 67.6 Å². The summed E-state index contributed by atoms with van der Waals surface area (Å²) in [4.78, 5) is 25.3. The van der Waals surface area contributed by atoms with Crippen molar-refractivity contribution in [1.82, 2.24) is 20.3 Å². The molecule has 0 saturated heterocycles. The van der Waals surface area contributed by atoms with Gasteiger partial charge in [-0.15, -0.1) is 5.10 Å². The summed E-state index contributed by atoms with van der Waals surface area (Å²) in [5.41, 5.74) is 1.73. The molecule has 7 heteroatoms. The quantitative estimate of drug-likeness (QED) is 0.690. The highest BCUT2D eigenvalue weighted by atomic mass is 16.5. The van der Waals surface area contributed by atoms with Crippen molar-refractivity contribution in [2.75, 3.05) is 6.61 Å². The highest BCUT2D eigenvalue weighted by Crippen LogP contribution is 2.11. The zero-order chi connectivity index (χ0) is 18.4. The summed E-state index contributed by atoms with van der Waals surface area (Å²) in [7, 11) is 0. The number of rotatable bonds is 6. The van der Waals surface area contributed by atoms with Crippen molar-refractivity contribution < 1.29 is 14.3 Å². The molecule has 26 heavy (non-hydrogen) atoms. The number of amides is 1. The van der Waals surface area contributed by atoms with Crippen molar-refractivity contribution in [2.45, 2.75) is 13.0 Å². The van der Waals surface area contributed by atoms with E-state index in [1.54, 1.807) is 0 Å². The zero-order valence-electron chi connectivity index (χ0n) is 14.2. The first kappa shape index (κ1) is 17.3. The van der Waals surface area contributed by atoms with E-state index < -0.39 is 5.97 Å². The second-order valence-corrected chi connectivity index (χ2v) is 5.63. The van der Waals surface area contributed by atoms with Crippen LogP contribution in [0.2, 0.25) is 0 Å². The number of para-hydroxylation sites is 1. The van der Waals surface area contributed by atoms with Crippen molar-refractivity contribution in [2.24, 2.45) is 0 Å². The molecule has 7 nitrogen and oxygen atoms in total. The first-order valence-corrected chi connectivity index (χ1v) is 8.12. The molecule has 1 amide bonds. The Balaban J connectivity index is 1.52. The van der Waals surface area contributed by atoms with Crippen LogP contribution in [0.5, 0.6) is 0 Å². The van der Waals surface area contributed by atoms with Gasteiger partial charge in [0.25, 0.3) is 5.91 Å². The minimum Gasteiger partial charge on any atom is -0.451 e. The van der Waals surface area contributed by atoms with E-state index in [0.29, 0.717) is 0 Å². The summed E-state index contributed by atoms with van der Waals surface area (Å²) in [5, 5.41) is 10.9. The van der Waals surface area contributed by atoms with Crippen LogP contribution >= 0.6 is 0 Å². The van der Waals surface area contributed by atoms with Crippen molar-refractivity contribution in [3.63, 3.8) is 0 Å². The molecule has 0 fully saturated rings. The Labute approximate surface area is 150 Å². The standard InChI is InChI=1S/C19H18N4O3/c1-14(15-8-4-2-5-9-15)21-18(24)13-26-19(25)17-12-20-23(22-17)16-10-6-3-7-11-16/h2-12,14H,13H2,1H3,(H,21,24). The Morgan fingerprint density at radius 3 is 2.42 bits per heavy atom.